The van der Waals surface area contributed by atoms with E-state index in [1.807, 2.05) is 25.5 Å². The Bertz CT molecular complexity index is 556. The smallest absolute Gasteiger partial charge is 0.156 e. The van der Waals surface area contributed by atoms with Gasteiger partial charge in [-0.2, -0.15) is 5.10 Å². The molecule has 0 spiro atoms. The number of anilines is 1. The third-order valence-corrected chi connectivity index (χ3v) is 3.26. The molecule has 0 saturated heterocycles. The van der Waals surface area contributed by atoms with Crippen LogP contribution in [0.4, 0.5) is 5.69 Å². The van der Waals surface area contributed by atoms with Crippen molar-refractivity contribution < 1.29 is 4.74 Å². The van der Waals surface area contributed by atoms with E-state index in [0.29, 0.717) is 11.6 Å². The molecule has 0 fully saturated rings. The number of benzene rings is 1. The molecule has 18 heavy (non-hydrogen) atoms. The van der Waals surface area contributed by atoms with Gasteiger partial charge in [-0.05, 0) is 28.1 Å². The Morgan fingerprint density at radius 1 is 1.50 bits per heavy atom. The lowest BCUT2D eigenvalue weighted by molar-refractivity contribution is 0.414. The summed E-state index contributed by atoms with van der Waals surface area (Å²) in [4.78, 5) is 0. The van der Waals surface area contributed by atoms with Crippen molar-refractivity contribution in [2.24, 2.45) is 7.05 Å². The first-order valence-corrected chi connectivity index (χ1v) is 6.51. The first kappa shape index (κ1) is 13.2. The normalized spacial score (nSPS) is 10.4. The summed E-state index contributed by atoms with van der Waals surface area (Å²) in [5, 5.41) is 8.05. The molecule has 0 bridgehead atoms. The van der Waals surface area contributed by atoms with Crippen LogP contribution >= 0.6 is 27.5 Å². The molecule has 2 aromatic rings. The number of hydrogen-bond donors (Lipinski definition) is 1. The van der Waals surface area contributed by atoms with Gasteiger partial charge in [-0.15, -0.1) is 0 Å². The lowest BCUT2D eigenvalue weighted by Gasteiger charge is -2.12. The number of hydrogen-bond acceptors (Lipinski definition) is 3. The Kier molecular flexibility index (Phi) is 4.14. The molecule has 1 aromatic carbocycles. The highest BCUT2D eigenvalue weighted by Crippen LogP contribution is 2.36. The van der Waals surface area contributed by atoms with Gasteiger partial charge in [-0.3, -0.25) is 4.68 Å². The Balaban J connectivity index is 2.18. The highest BCUT2D eigenvalue weighted by molar-refractivity contribution is 9.10. The summed E-state index contributed by atoms with van der Waals surface area (Å²) in [5.41, 5.74) is 1.94. The Morgan fingerprint density at radius 3 is 2.89 bits per heavy atom. The van der Waals surface area contributed by atoms with Gasteiger partial charge < -0.3 is 10.1 Å². The van der Waals surface area contributed by atoms with Crippen LogP contribution in [0, 0.1) is 0 Å². The van der Waals surface area contributed by atoms with Gasteiger partial charge in [0.05, 0.1) is 23.5 Å². The number of methoxy groups -OCH3 is 1. The second-order valence-electron chi connectivity index (χ2n) is 3.84. The van der Waals surface area contributed by atoms with Crippen molar-refractivity contribution >= 4 is 33.2 Å². The van der Waals surface area contributed by atoms with Crippen LogP contribution in [0.2, 0.25) is 5.02 Å². The average Bonchev–Trinajstić information content (AvgIpc) is 2.72. The van der Waals surface area contributed by atoms with Crippen molar-refractivity contribution in [2.45, 2.75) is 6.54 Å². The monoisotopic (exact) mass is 329 g/mol. The number of nitrogens with one attached hydrogen (secondary N) is 1. The standard InChI is InChI=1S/C12H13BrClN3O/c1-17-7-8(6-16-17)5-15-11-4-9(14)3-10(13)12(11)18-2/h3-4,6-7,15H,5H2,1-2H3. The van der Waals surface area contributed by atoms with Crippen LogP contribution in [0.3, 0.4) is 0 Å². The second-order valence-corrected chi connectivity index (χ2v) is 5.13. The SMILES string of the molecule is COc1c(Br)cc(Cl)cc1NCc1cnn(C)c1. The molecule has 1 N–H and O–H groups in total. The number of halogens is 2. The maximum Gasteiger partial charge on any atom is 0.156 e. The van der Waals surface area contributed by atoms with E-state index < -0.39 is 0 Å². The van der Waals surface area contributed by atoms with Gasteiger partial charge in [-0.25, -0.2) is 0 Å². The van der Waals surface area contributed by atoms with Gasteiger partial charge >= 0.3 is 0 Å². The molecule has 0 aliphatic heterocycles. The molecule has 0 amide bonds. The number of nitrogens with zero attached hydrogens (tertiary/aromatic N) is 2. The van der Waals surface area contributed by atoms with Gasteiger partial charge in [-0.1, -0.05) is 11.6 Å². The molecule has 0 radical (unpaired) electrons. The molecule has 0 aliphatic rings. The third kappa shape index (κ3) is 2.97. The number of rotatable bonds is 4. The lowest BCUT2D eigenvalue weighted by atomic mass is 10.2. The highest BCUT2D eigenvalue weighted by Gasteiger charge is 2.09. The van der Waals surface area contributed by atoms with Crippen molar-refractivity contribution in [1.82, 2.24) is 9.78 Å². The van der Waals surface area contributed by atoms with Crippen molar-refractivity contribution in [1.29, 1.82) is 0 Å². The quantitative estimate of drug-likeness (QED) is 0.933. The molecule has 2 rings (SSSR count). The van der Waals surface area contributed by atoms with Gasteiger partial charge in [0.15, 0.2) is 5.75 Å². The molecule has 1 heterocycles. The second kappa shape index (κ2) is 5.63. The summed E-state index contributed by atoms with van der Waals surface area (Å²) >= 11 is 9.45. The van der Waals surface area contributed by atoms with Crippen LogP contribution < -0.4 is 10.1 Å². The minimum absolute atomic E-state index is 0.649. The zero-order valence-corrected chi connectivity index (χ0v) is 12.4. The van der Waals surface area contributed by atoms with E-state index in [-0.39, 0.29) is 0 Å². The number of ether oxygens (including phenoxy) is 1. The zero-order valence-electron chi connectivity index (χ0n) is 10.1. The Hall–Kier alpha value is -1.20. The lowest BCUT2D eigenvalue weighted by Crippen LogP contribution is -2.01. The van der Waals surface area contributed by atoms with Crippen LogP contribution in [0.15, 0.2) is 29.0 Å². The fraction of sp³-hybridized carbons (Fsp3) is 0.250. The molecule has 1 aromatic heterocycles. The molecule has 0 atom stereocenters. The van der Waals surface area contributed by atoms with Crippen molar-refractivity contribution in [2.75, 3.05) is 12.4 Å². The van der Waals surface area contributed by atoms with Crippen molar-refractivity contribution in [3.05, 3.63) is 39.6 Å². The summed E-state index contributed by atoms with van der Waals surface area (Å²) in [6, 6.07) is 3.64. The Morgan fingerprint density at radius 2 is 2.28 bits per heavy atom. The highest BCUT2D eigenvalue weighted by atomic mass is 79.9. The van der Waals surface area contributed by atoms with Crippen LogP contribution in [-0.4, -0.2) is 16.9 Å². The molecule has 4 nitrogen and oxygen atoms in total. The Labute approximate surface area is 119 Å². The average molecular weight is 331 g/mol. The van der Waals surface area contributed by atoms with E-state index in [4.69, 9.17) is 16.3 Å². The van der Waals surface area contributed by atoms with E-state index in [0.717, 1.165) is 21.5 Å². The topological polar surface area (TPSA) is 39.1 Å². The largest absolute Gasteiger partial charge is 0.493 e. The van der Waals surface area contributed by atoms with E-state index in [1.165, 1.54) is 0 Å². The fourth-order valence-electron chi connectivity index (χ4n) is 1.66. The molecule has 0 unspecified atom stereocenters. The summed E-state index contributed by atoms with van der Waals surface area (Å²) in [6.07, 6.45) is 3.78. The zero-order chi connectivity index (χ0) is 13.1. The van der Waals surface area contributed by atoms with E-state index in [1.54, 1.807) is 17.9 Å². The summed E-state index contributed by atoms with van der Waals surface area (Å²) < 4.78 is 7.93. The molecule has 0 aliphatic carbocycles. The van der Waals surface area contributed by atoms with Crippen molar-refractivity contribution in [3.63, 3.8) is 0 Å². The van der Waals surface area contributed by atoms with Crippen molar-refractivity contribution in [3.8, 4) is 5.75 Å². The molecule has 6 heteroatoms. The van der Waals surface area contributed by atoms with Crippen LogP contribution in [0.25, 0.3) is 0 Å². The summed E-state index contributed by atoms with van der Waals surface area (Å²) in [6.45, 7) is 0.664. The first-order valence-electron chi connectivity index (χ1n) is 5.34. The number of aryl methyl sites for hydroxylation is 1. The van der Waals surface area contributed by atoms with Crippen LogP contribution in [0.5, 0.6) is 5.75 Å². The fourth-order valence-corrected chi connectivity index (χ4v) is 2.63. The molecular weight excluding hydrogens is 318 g/mol. The van der Waals surface area contributed by atoms with Gasteiger partial charge in [0, 0.05) is 30.4 Å². The predicted octanol–water partition coefficient (Wildman–Crippen LogP) is 3.46. The summed E-state index contributed by atoms with van der Waals surface area (Å²) in [5.74, 6) is 0.739. The van der Waals surface area contributed by atoms with E-state index >= 15 is 0 Å². The first-order chi connectivity index (χ1) is 8.60. The summed E-state index contributed by atoms with van der Waals surface area (Å²) in [7, 11) is 3.52. The molecule has 0 saturated carbocycles. The molecule has 96 valence electrons. The maximum absolute atomic E-state index is 6.02. The maximum atomic E-state index is 6.02. The van der Waals surface area contributed by atoms with Gasteiger partial charge in [0.25, 0.3) is 0 Å². The van der Waals surface area contributed by atoms with Crippen LogP contribution in [-0.2, 0) is 13.6 Å². The van der Waals surface area contributed by atoms with E-state index in [9.17, 15) is 0 Å². The predicted molar refractivity (Wildman–Crippen MR) is 76.2 cm³/mol. The van der Waals surface area contributed by atoms with E-state index in [2.05, 4.69) is 26.3 Å². The van der Waals surface area contributed by atoms with Gasteiger partial charge in [0.1, 0.15) is 0 Å². The van der Waals surface area contributed by atoms with Gasteiger partial charge in [0.2, 0.25) is 0 Å². The molecular formula is C12H13BrClN3O. The van der Waals surface area contributed by atoms with Crippen LogP contribution in [0.1, 0.15) is 5.56 Å². The minimum atomic E-state index is 0.649. The number of aromatic nitrogens is 2. The minimum Gasteiger partial charge on any atom is -0.493 e. The third-order valence-electron chi connectivity index (χ3n) is 2.45.